The molecule has 25 heavy (non-hydrogen) atoms. The fourth-order valence-corrected chi connectivity index (χ4v) is 3.63. The molecule has 0 bridgehead atoms. The molecule has 1 aliphatic rings. The third-order valence-electron chi connectivity index (χ3n) is 3.79. The number of anilines is 2. The van der Waals surface area contributed by atoms with Crippen LogP contribution in [-0.2, 0) is 10.0 Å². The summed E-state index contributed by atoms with van der Waals surface area (Å²) >= 11 is 0. The first-order chi connectivity index (χ1) is 12.0. The fraction of sp³-hybridized carbons (Fsp3) is 0.375. The Morgan fingerprint density at radius 3 is 2.52 bits per heavy atom. The zero-order chi connectivity index (χ0) is 17.9. The maximum atomic E-state index is 13.9. The average Bonchev–Trinajstić information content (AvgIpc) is 3.12. The lowest BCUT2D eigenvalue weighted by Crippen LogP contribution is -2.20. The Bertz CT molecular complexity index is 837. The molecule has 0 saturated carbocycles. The molecule has 0 spiro atoms. The van der Waals surface area contributed by atoms with E-state index in [9.17, 15) is 12.8 Å². The summed E-state index contributed by atoms with van der Waals surface area (Å²) in [5, 5.41) is 0. The minimum absolute atomic E-state index is 0.0137. The molecule has 9 heteroatoms. The van der Waals surface area contributed by atoms with E-state index in [0.29, 0.717) is 12.6 Å². The molecule has 1 N–H and O–H groups in total. The molecule has 0 amide bonds. The van der Waals surface area contributed by atoms with E-state index >= 15 is 0 Å². The molecule has 3 rings (SSSR count). The summed E-state index contributed by atoms with van der Waals surface area (Å²) in [6.07, 6.45) is 5.01. The third kappa shape index (κ3) is 3.98. The average molecular weight is 366 g/mol. The molecule has 1 aromatic carbocycles. The molecule has 0 aliphatic carbocycles. The predicted octanol–water partition coefficient (Wildman–Crippen LogP) is 2.42. The molecule has 1 saturated heterocycles. The summed E-state index contributed by atoms with van der Waals surface area (Å²) in [5.41, 5.74) is 0.220. The van der Waals surface area contributed by atoms with Gasteiger partial charge in [-0.2, -0.15) is 0 Å². The summed E-state index contributed by atoms with van der Waals surface area (Å²) in [5.74, 6) is -0.141. The highest BCUT2D eigenvalue weighted by atomic mass is 32.2. The van der Waals surface area contributed by atoms with Crippen molar-refractivity contribution in [3.63, 3.8) is 0 Å². The number of sulfonamides is 1. The number of nitrogens with one attached hydrogen (secondary N) is 1. The van der Waals surface area contributed by atoms with Gasteiger partial charge in [0.25, 0.3) is 10.0 Å². The van der Waals surface area contributed by atoms with Crippen LogP contribution in [0.15, 0.2) is 35.5 Å². The number of nitrogens with zero attached hydrogens (tertiary/aromatic N) is 3. The topological polar surface area (TPSA) is 84.4 Å². The quantitative estimate of drug-likeness (QED) is 0.845. The number of rotatable bonds is 6. The van der Waals surface area contributed by atoms with E-state index in [1.165, 1.54) is 24.5 Å². The minimum atomic E-state index is -3.94. The maximum Gasteiger partial charge on any atom is 0.262 e. The van der Waals surface area contributed by atoms with E-state index in [1.54, 1.807) is 6.92 Å². The third-order valence-corrected chi connectivity index (χ3v) is 5.17. The van der Waals surface area contributed by atoms with Crippen LogP contribution in [0.3, 0.4) is 0 Å². The highest BCUT2D eigenvalue weighted by molar-refractivity contribution is 7.92. The molecule has 1 aliphatic heterocycles. The number of benzene rings is 1. The maximum absolute atomic E-state index is 13.9. The molecule has 1 fully saturated rings. The summed E-state index contributed by atoms with van der Waals surface area (Å²) in [4.78, 5) is 10.2. The molecule has 0 atom stereocenters. The van der Waals surface area contributed by atoms with E-state index < -0.39 is 15.8 Å². The first kappa shape index (κ1) is 17.4. The molecule has 134 valence electrons. The Kier molecular flexibility index (Phi) is 5.03. The Balaban J connectivity index is 1.75. The molecule has 2 aromatic rings. The summed E-state index contributed by atoms with van der Waals surface area (Å²) in [6.45, 7) is 3.81. The summed E-state index contributed by atoms with van der Waals surface area (Å²) < 4.78 is 46.1. The summed E-state index contributed by atoms with van der Waals surface area (Å²) in [7, 11) is -3.94. The standard InChI is InChI=1S/C16H19FN4O3S/c1-2-24-15-6-5-13(9-14(15)17)25(22,23)20-12-10-18-16(19-11-12)21-7-3-4-8-21/h5-6,9-11,20H,2-4,7-8H2,1H3. The van der Waals surface area contributed by atoms with E-state index in [0.717, 1.165) is 32.0 Å². The van der Waals surface area contributed by atoms with Gasteiger partial charge >= 0.3 is 0 Å². The van der Waals surface area contributed by atoms with Crippen molar-refractivity contribution in [2.45, 2.75) is 24.7 Å². The van der Waals surface area contributed by atoms with Gasteiger partial charge in [0.05, 0.1) is 29.6 Å². The van der Waals surface area contributed by atoms with Gasteiger partial charge in [0.2, 0.25) is 5.95 Å². The largest absolute Gasteiger partial charge is 0.491 e. The Labute approximate surface area is 145 Å². The lowest BCUT2D eigenvalue weighted by molar-refractivity contribution is 0.321. The van der Waals surface area contributed by atoms with Crippen LogP contribution >= 0.6 is 0 Å². The van der Waals surface area contributed by atoms with Gasteiger partial charge in [-0.15, -0.1) is 0 Å². The second kappa shape index (κ2) is 7.22. The zero-order valence-corrected chi connectivity index (χ0v) is 14.6. The lowest BCUT2D eigenvalue weighted by Gasteiger charge is -2.15. The highest BCUT2D eigenvalue weighted by Gasteiger charge is 2.19. The van der Waals surface area contributed by atoms with Crippen LogP contribution in [0.5, 0.6) is 5.75 Å². The monoisotopic (exact) mass is 366 g/mol. The number of hydrogen-bond donors (Lipinski definition) is 1. The molecular formula is C16H19FN4O3S. The molecule has 7 nitrogen and oxygen atoms in total. The molecule has 2 heterocycles. The van der Waals surface area contributed by atoms with Crippen molar-refractivity contribution >= 4 is 21.7 Å². The van der Waals surface area contributed by atoms with Gasteiger partial charge in [-0.25, -0.2) is 22.8 Å². The van der Waals surface area contributed by atoms with Gasteiger partial charge in [-0.3, -0.25) is 4.72 Å². The van der Waals surface area contributed by atoms with Gasteiger partial charge < -0.3 is 9.64 Å². The number of aromatic nitrogens is 2. The molecule has 0 radical (unpaired) electrons. The lowest BCUT2D eigenvalue weighted by atomic mass is 10.3. The van der Waals surface area contributed by atoms with Gasteiger partial charge in [0.1, 0.15) is 0 Å². The first-order valence-electron chi connectivity index (χ1n) is 8.02. The molecular weight excluding hydrogens is 347 g/mol. The fourth-order valence-electron chi connectivity index (χ4n) is 2.59. The zero-order valence-electron chi connectivity index (χ0n) is 13.8. The van der Waals surface area contributed by atoms with Crippen molar-refractivity contribution < 1.29 is 17.5 Å². The number of hydrogen-bond acceptors (Lipinski definition) is 6. The van der Waals surface area contributed by atoms with Crippen molar-refractivity contribution in [2.24, 2.45) is 0 Å². The van der Waals surface area contributed by atoms with Crippen LogP contribution < -0.4 is 14.4 Å². The highest BCUT2D eigenvalue weighted by Crippen LogP contribution is 2.23. The van der Waals surface area contributed by atoms with Crippen LogP contribution in [0.2, 0.25) is 0 Å². The second-order valence-electron chi connectivity index (χ2n) is 5.60. The number of halogens is 1. The van der Waals surface area contributed by atoms with Crippen LogP contribution in [0.25, 0.3) is 0 Å². The van der Waals surface area contributed by atoms with Crippen LogP contribution in [0.1, 0.15) is 19.8 Å². The van der Waals surface area contributed by atoms with E-state index in [1.807, 2.05) is 4.90 Å². The minimum Gasteiger partial charge on any atom is -0.491 e. The van der Waals surface area contributed by atoms with E-state index in [-0.39, 0.29) is 16.3 Å². The van der Waals surface area contributed by atoms with Crippen molar-refractivity contribution in [1.29, 1.82) is 0 Å². The van der Waals surface area contributed by atoms with Gasteiger partial charge in [0.15, 0.2) is 11.6 Å². The van der Waals surface area contributed by atoms with E-state index in [4.69, 9.17) is 4.74 Å². The van der Waals surface area contributed by atoms with Crippen LogP contribution in [0, 0.1) is 5.82 Å². The first-order valence-corrected chi connectivity index (χ1v) is 9.50. The van der Waals surface area contributed by atoms with Crippen LogP contribution in [-0.4, -0.2) is 38.1 Å². The summed E-state index contributed by atoms with van der Waals surface area (Å²) in [6, 6.07) is 3.50. The number of ether oxygens (including phenoxy) is 1. The smallest absolute Gasteiger partial charge is 0.262 e. The molecule has 1 aromatic heterocycles. The van der Waals surface area contributed by atoms with Gasteiger partial charge in [0, 0.05) is 13.1 Å². The Hall–Kier alpha value is -2.42. The Morgan fingerprint density at radius 2 is 1.92 bits per heavy atom. The van der Waals surface area contributed by atoms with E-state index in [2.05, 4.69) is 14.7 Å². The second-order valence-corrected chi connectivity index (χ2v) is 7.28. The van der Waals surface area contributed by atoms with Crippen LogP contribution in [0.4, 0.5) is 16.0 Å². The normalized spacial score (nSPS) is 14.6. The SMILES string of the molecule is CCOc1ccc(S(=O)(=O)Nc2cnc(N3CCCC3)nc2)cc1F. The molecule has 0 unspecified atom stereocenters. The predicted molar refractivity (Wildman–Crippen MR) is 91.9 cm³/mol. The van der Waals surface area contributed by atoms with Gasteiger partial charge in [-0.1, -0.05) is 0 Å². The van der Waals surface area contributed by atoms with Crippen molar-refractivity contribution in [3.8, 4) is 5.75 Å². The van der Waals surface area contributed by atoms with Gasteiger partial charge in [-0.05, 0) is 38.0 Å². The van der Waals surface area contributed by atoms with Crippen molar-refractivity contribution in [3.05, 3.63) is 36.4 Å². The van der Waals surface area contributed by atoms with Crippen molar-refractivity contribution in [1.82, 2.24) is 9.97 Å². The van der Waals surface area contributed by atoms with Crippen molar-refractivity contribution in [2.75, 3.05) is 29.3 Å². The Morgan fingerprint density at radius 1 is 1.24 bits per heavy atom.